The van der Waals surface area contributed by atoms with E-state index in [-0.39, 0.29) is 11.4 Å². The number of halogens is 2. The summed E-state index contributed by atoms with van der Waals surface area (Å²) in [6, 6.07) is 9.35. The zero-order valence-corrected chi connectivity index (χ0v) is 13.5. The van der Waals surface area contributed by atoms with Crippen LogP contribution in [0.2, 0.25) is 0 Å². The van der Waals surface area contributed by atoms with Crippen molar-refractivity contribution in [3.05, 3.63) is 59.9 Å². The normalized spacial score (nSPS) is 10.5. The minimum atomic E-state index is -2.93. The van der Waals surface area contributed by atoms with E-state index in [1.165, 1.54) is 29.5 Å². The minimum Gasteiger partial charge on any atom is -0.435 e. The number of ether oxygens (including phenoxy) is 1. The Morgan fingerprint density at radius 3 is 2.80 bits per heavy atom. The summed E-state index contributed by atoms with van der Waals surface area (Å²) >= 11 is 1.26. The van der Waals surface area contributed by atoms with Crippen LogP contribution in [-0.2, 0) is 0 Å². The third-order valence-corrected chi connectivity index (χ3v) is 3.72. The van der Waals surface area contributed by atoms with Gasteiger partial charge in [0.05, 0.1) is 11.9 Å². The Morgan fingerprint density at radius 1 is 1.20 bits per heavy atom. The number of benzene rings is 1. The van der Waals surface area contributed by atoms with Gasteiger partial charge in [-0.2, -0.15) is 8.78 Å². The third kappa shape index (κ3) is 4.70. The Hall–Kier alpha value is -3.07. The van der Waals surface area contributed by atoms with E-state index >= 15 is 0 Å². The van der Waals surface area contributed by atoms with Gasteiger partial charge >= 0.3 is 6.61 Å². The second-order valence-corrected chi connectivity index (χ2v) is 5.62. The Labute approximate surface area is 145 Å². The molecule has 2 N–H and O–H groups in total. The molecule has 1 amide bonds. The number of hydrogen-bond donors (Lipinski definition) is 2. The summed E-state index contributed by atoms with van der Waals surface area (Å²) < 4.78 is 28.8. The van der Waals surface area contributed by atoms with Crippen molar-refractivity contribution in [2.24, 2.45) is 0 Å². The molecule has 0 fully saturated rings. The maximum absolute atomic E-state index is 12.2. The van der Waals surface area contributed by atoms with Crippen molar-refractivity contribution >= 4 is 33.8 Å². The molecule has 0 aliphatic carbocycles. The number of anilines is 3. The summed E-state index contributed by atoms with van der Waals surface area (Å²) in [5, 5.41) is 7.75. The van der Waals surface area contributed by atoms with E-state index in [1.54, 1.807) is 29.9 Å². The SMILES string of the molecule is O=C(Nc1cccc(OC(F)F)c1)c1csc(Nc2cccnc2)n1. The monoisotopic (exact) mass is 362 g/mol. The second-order valence-electron chi connectivity index (χ2n) is 4.77. The van der Waals surface area contributed by atoms with Gasteiger partial charge < -0.3 is 15.4 Å². The molecule has 2 aromatic heterocycles. The maximum Gasteiger partial charge on any atom is 0.387 e. The molecule has 9 heteroatoms. The molecule has 0 unspecified atom stereocenters. The van der Waals surface area contributed by atoms with Crippen LogP contribution < -0.4 is 15.4 Å². The van der Waals surface area contributed by atoms with Crippen LogP contribution in [0, 0.1) is 0 Å². The summed E-state index contributed by atoms with van der Waals surface area (Å²) in [7, 11) is 0. The van der Waals surface area contributed by atoms with E-state index < -0.39 is 12.5 Å². The van der Waals surface area contributed by atoms with Crippen LogP contribution in [0.15, 0.2) is 54.2 Å². The van der Waals surface area contributed by atoms with Crippen LogP contribution in [-0.4, -0.2) is 22.5 Å². The minimum absolute atomic E-state index is 0.0370. The highest BCUT2D eigenvalue weighted by Gasteiger charge is 2.12. The Kier molecular flexibility index (Phi) is 5.14. The van der Waals surface area contributed by atoms with Gasteiger partial charge in [-0.1, -0.05) is 6.07 Å². The summed E-state index contributed by atoms with van der Waals surface area (Å²) in [6.45, 7) is -2.93. The molecule has 128 valence electrons. The zero-order valence-electron chi connectivity index (χ0n) is 12.6. The predicted molar refractivity (Wildman–Crippen MR) is 90.7 cm³/mol. The maximum atomic E-state index is 12.2. The number of nitrogens with zero attached hydrogens (tertiary/aromatic N) is 2. The highest BCUT2D eigenvalue weighted by Crippen LogP contribution is 2.22. The first kappa shape index (κ1) is 16.8. The van der Waals surface area contributed by atoms with Crippen molar-refractivity contribution < 1.29 is 18.3 Å². The average molecular weight is 362 g/mol. The van der Waals surface area contributed by atoms with E-state index in [1.807, 2.05) is 6.07 Å². The fraction of sp³-hybridized carbons (Fsp3) is 0.0625. The number of thiazole rings is 1. The lowest BCUT2D eigenvalue weighted by Crippen LogP contribution is -2.12. The van der Waals surface area contributed by atoms with E-state index in [0.717, 1.165) is 5.69 Å². The summed E-state index contributed by atoms with van der Waals surface area (Å²) in [6.07, 6.45) is 3.29. The zero-order chi connectivity index (χ0) is 17.6. The van der Waals surface area contributed by atoms with Crippen molar-refractivity contribution in [3.63, 3.8) is 0 Å². The second kappa shape index (κ2) is 7.67. The number of hydrogen-bond acceptors (Lipinski definition) is 6. The Bertz CT molecular complexity index is 858. The smallest absolute Gasteiger partial charge is 0.387 e. The molecule has 0 saturated carbocycles. The molecule has 0 bridgehead atoms. The van der Waals surface area contributed by atoms with Crippen molar-refractivity contribution in [2.45, 2.75) is 6.61 Å². The van der Waals surface area contributed by atoms with Crippen LogP contribution in [0.4, 0.5) is 25.3 Å². The van der Waals surface area contributed by atoms with Crippen molar-refractivity contribution in [2.75, 3.05) is 10.6 Å². The van der Waals surface area contributed by atoms with Gasteiger partial charge in [-0.15, -0.1) is 11.3 Å². The molecule has 0 saturated heterocycles. The quantitative estimate of drug-likeness (QED) is 0.689. The lowest BCUT2D eigenvalue weighted by Gasteiger charge is -2.07. The lowest BCUT2D eigenvalue weighted by molar-refractivity contribution is -0.0497. The van der Waals surface area contributed by atoms with Gasteiger partial charge in [0.15, 0.2) is 5.13 Å². The standard InChI is InChI=1S/C16H12F2N4O2S/c17-15(18)24-12-5-1-3-10(7-12)20-14(23)13-9-25-16(22-13)21-11-4-2-6-19-8-11/h1-9,15H,(H,20,23)(H,21,22). The van der Waals surface area contributed by atoms with Crippen molar-refractivity contribution in [1.29, 1.82) is 0 Å². The highest BCUT2D eigenvalue weighted by atomic mass is 32.1. The Morgan fingerprint density at radius 2 is 2.04 bits per heavy atom. The van der Waals surface area contributed by atoms with Gasteiger partial charge in [-0.05, 0) is 24.3 Å². The summed E-state index contributed by atoms with van der Waals surface area (Å²) in [4.78, 5) is 20.4. The number of amides is 1. The fourth-order valence-corrected chi connectivity index (χ4v) is 2.65. The van der Waals surface area contributed by atoms with Crippen LogP contribution in [0.25, 0.3) is 0 Å². The average Bonchev–Trinajstić information content (AvgIpc) is 3.04. The molecule has 0 atom stereocenters. The van der Waals surface area contributed by atoms with Crippen molar-refractivity contribution in [3.8, 4) is 5.75 Å². The number of carbonyl (C=O) groups excluding carboxylic acids is 1. The van der Waals surface area contributed by atoms with E-state index in [4.69, 9.17) is 0 Å². The molecule has 0 spiro atoms. The molecule has 2 heterocycles. The first-order valence-corrected chi connectivity index (χ1v) is 7.97. The van der Waals surface area contributed by atoms with Crippen LogP contribution >= 0.6 is 11.3 Å². The first-order valence-electron chi connectivity index (χ1n) is 7.09. The number of aromatic nitrogens is 2. The molecule has 0 radical (unpaired) electrons. The van der Waals surface area contributed by atoms with Crippen LogP contribution in [0.5, 0.6) is 5.75 Å². The first-order chi connectivity index (χ1) is 12.1. The summed E-state index contributed by atoms with van der Waals surface area (Å²) in [5.41, 5.74) is 1.29. The topological polar surface area (TPSA) is 76.1 Å². The molecule has 0 aliphatic rings. The molecule has 0 aliphatic heterocycles. The molecular weight excluding hydrogens is 350 g/mol. The van der Waals surface area contributed by atoms with E-state index in [9.17, 15) is 13.6 Å². The summed E-state index contributed by atoms with van der Waals surface area (Å²) in [5.74, 6) is -0.491. The van der Waals surface area contributed by atoms with Crippen LogP contribution in [0.3, 0.4) is 0 Å². The number of rotatable bonds is 6. The van der Waals surface area contributed by atoms with Gasteiger partial charge in [-0.3, -0.25) is 9.78 Å². The highest BCUT2D eigenvalue weighted by molar-refractivity contribution is 7.14. The van der Waals surface area contributed by atoms with Crippen LogP contribution in [0.1, 0.15) is 10.5 Å². The van der Waals surface area contributed by atoms with Crippen molar-refractivity contribution in [1.82, 2.24) is 9.97 Å². The largest absolute Gasteiger partial charge is 0.435 e. The molecular formula is C16H12F2N4O2S. The molecule has 3 aromatic rings. The lowest BCUT2D eigenvalue weighted by atomic mass is 10.3. The fourth-order valence-electron chi connectivity index (χ4n) is 1.94. The molecule has 3 rings (SSSR count). The predicted octanol–water partition coefficient (Wildman–Crippen LogP) is 4.14. The Balaban J connectivity index is 1.66. The van der Waals surface area contributed by atoms with Gasteiger partial charge in [0.25, 0.3) is 5.91 Å². The van der Waals surface area contributed by atoms with Gasteiger partial charge in [0.1, 0.15) is 11.4 Å². The molecule has 6 nitrogen and oxygen atoms in total. The molecule has 1 aromatic carbocycles. The third-order valence-electron chi connectivity index (χ3n) is 2.97. The number of pyridine rings is 1. The van der Waals surface area contributed by atoms with E-state index in [2.05, 4.69) is 25.3 Å². The number of nitrogens with one attached hydrogen (secondary N) is 2. The number of carbonyl (C=O) groups is 1. The van der Waals surface area contributed by atoms with Gasteiger partial charge in [-0.25, -0.2) is 4.98 Å². The van der Waals surface area contributed by atoms with Gasteiger partial charge in [0.2, 0.25) is 0 Å². The van der Waals surface area contributed by atoms with Gasteiger partial charge in [0, 0.05) is 23.3 Å². The van der Waals surface area contributed by atoms with E-state index in [0.29, 0.717) is 10.8 Å². The number of alkyl halides is 2. The molecule has 25 heavy (non-hydrogen) atoms.